The van der Waals surface area contributed by atoms with Crippen LogP contribution in [0.4, 0.5) is 0 Å². The zero-order valence-corrected chi connectivity index (χ0v) is 11.1. The second kappa shape index (κ2) is 5.19. The molecule has 0 radical (unpaired) electrons. The third-order valence-corrected chi connectivity index (χ3v) is 3.85. The molecule has 0 spiro atoms. The lowest BCUT2D eigenvalue weighted by molar-refractivity contribution is 0.134. The van der Waals surface area contributed by atoms with E-state index >= 15 is 0 Å². The molecule has 0 aliphatic carbocycles. The van der Waals surface area contributed by atoms with Crippen LogP contribution in [0.1, 0.15) is 30.0 Å². The third kappa shape index (κ3) is 2.88. The summed E-state index contributed by atoms with van der Waals surface area (Å²) < 4.78 is 0. The van der Waals surface area contributed by atoms with E-state index in [0.717, 1.165) is 13.1 Å². The Kier molecular flexibility index (Phi) is 3.85. The fraction of sp³-hybridized carbons (Fsp3) is 0.600. The minimum Gasteiger partial charge on any atom is -0.395 e. The summed E-state index contributed by atoms with van der Waals surface area (Å²) in [6.07, 6.45) is 1.20. The lowest BCUT2D eigenvalue weighted by Gasteiger charge is -2.25. The lowest BCUT2D eigenvalue weighted by atomic mass is 10.0. The summed E-state index contributed by atoms with van der Waals surface area (Å²) in [5.74, 6) is 0.617. The van der Waals surface area contributed by atoms with Crippen LogP contribution in [0, 0.1) is 19.8 Å². The molecule has 0 aromatic heterocycles. The maximum absolute atomic E-state index is 9.45. The van der Waals surface area contributed by atoms with Crippen molar-refractivity contribution in [2.45, 2.75) is 39.8 Å². The monoisotopic (exact) mass is 233 g/mol. The van der Waals surface area contributed by atoms with E-state index in [-0.39, 0.29) is 6.61 Å². The van der Waals surface area contributed by atoms with Crippen LogP contribution >= 0.6 is 0 Å². The predicted molar refractivity (Wildman–Crippen MR) is 71.0 cm³/mol. The van der Waals surface area contributed by atoms with Crippen molar-refractivity contribution in [3.63, 3.8) is 0 Å². The summed E-state index contributed by atoms with van der Waals surface area (Å²) in [7, 11) is 0. The lowest BCUT2D eigenvalue weighted by Crippen LogP contribution is -2.34. The normalized spacial score (nSPS) is 25.4. The Balaban J connectivity index is 2.10. The minimum atomic E-state index is 0.284. The highest BCUT2D eigenvalue weighted by molar-refractivity contribution is 5.28. The van der Waals surface area contributed by atoms with Crippen LogP contribution in [0.3, 0.4) is 0 Å². The first-order valence-corrected chi connectivity index (χ1v) is 6.52. The van der Waals surface area contributed by atoms with Gasteiger partial charge in [-0.3, -0.25) is 4.90 Å². The van der Waals surface area contributed by atoms with Crippen molar-refractivity contribution in [2.75, 3.05) is 13.2 Å². The van der Waals surface area contributed by atoms with E-state index in [1.165, 1.54) is 23.1 Å². The van der Waals surface area contributed by atoms with Gasteiger partial charge in [0.2, 0.25) is 0 Å². The second-order valence-electron chi connectivity index (χ2n) is 5.48. The van der Waals surface area contributed by atoms with Crippen LogP contribution in [-0.4, -0.2) is 29.2 Å². The van der Waals surface area contributed by atoms with Crippen molar-refractivity contribution in [2.24, 2.45) is 5.92 Å². The topological polar surface area (TPSA) is 23.5 Å². The number of aryl methyl sites for hydroxylation is 2. The number of likely N-dealkylation sites (tertiary alicyclic amines) is 1. The van der Waals surface area contributed by atoms with E-state index in [4.69, 9.17) is 0 Å². The molecular formula is C15H23NO. The molecule has 1 aromatic rings. The second-order valence-corrected chi connectivity index (χ2v) is 5.48. The van der Waals surface area contributed by atoms with Crippen molar-refractivity contribution in [3.05, 3.63) is 34.9 Å². The van der Waals surface area contributed by atoms with Crippen LogP contribution in [0.5, 0.6) is 0 Å². The molecule has 0 bridgehead atoms. The molecule has 1 heterocycles. The Morgan fingerprint density at radius 2 is 1.88 bits per heavy atom. The summed E-state index contributed by atoms with van der Waals surface area (Å²) in [5, 5.41) is 9.45. The molecular weight excluding hydrogens is 210 g/mol. The molecule has 1 aromatic carbocycles. The molecule has 1 saturated heterocycles. The first-order valence-electron chi connectivity index (χ1n) is 6.52. The van der Waals surface area contributed by atoms with Crippen molar-refractivity contribution < 1.29 is 5.11 Å². The molecule has 0 saturated carbocycles. The van der Waals surface area contributed by atoms with E-state index in [0.29, 0.717) is 12.0 Å². The standard InChI is InChI=1S/C15H23NO/c1-11-6-12(2)8-14(7-11)9-16-5-4-13(3)15(16)10-17/h6-8,13,15,17H,4-5,9-10H2,1-3H3. The van der Waals surface area contributed by atoms with Crippen LogP contribution in [0.25, 0.3) is 0 Å². The largest absolute Gasteiger partial charge is 0.395 e. The van der Waals surface area contributed by atoms with Gasteiger partial charge in [0, 0.05) is 12.6 Å². The number of rotatable bonds is 3. The van der Waals surface area contributed by atoms with Crippen molar-refractivity contribution in [1.29, 1.82) is 0 Å². The third-order valence-electron chi connectivity index (χ3n) is 3.85. The molecule has 1 N–H and O–H groups in total. The molecule has 1 aliphatic heterocycles. The Labute approximate surface area is 104 Å². The number of aliphatic hydroxyl groups is 1. The van der Waals surface area contributed by atoms with E-state index in [1.807, 2.05) is 0 Å². The average Bonchev–Trinajstić information content (AvgIpc) is 2.57. The summed E-state index contributed by atoms with van der Waals surface area (Å²) in [5.41, 5.74) is 4.02. The highest BCUT2D eigenvalue weighted by atomic mass is 16.3. The molecule has 1 aliphatic rings. The van der Waals surface area contributed by atoms with Gasteiger partial charge < -0.3 is 5.11 Å². The van der Waals surface area contributed by atoms with Crippen LogP contribution < -0.4 is 0 Å². The first-order chi connectivity index (χ1) is 8.10. The maximum atomic E-state index is 9.45. The number of aliphatic hydroxyl groups excluding tert-OH is 1. The zero-order valence-electron chi connectivity index (χ0n) is 11.1. The van der Waals surface area contributed by atoms with Crippen LogP contribution in [0.15, 0.2) is 18.2 Å². The van der Waals surface area contributed by atoms with Crippen molar-refractivity contribution in [1.82, 2.24) is 4.90 Å². The van der Waals surface area contributed by atoms with E-state index in [2.05, 4.69) is 43.9 Å². The Morgan fingerprint density at radius 3 is 2.47 bits per heavy atom. The summed E-state index contributed by atoms with van der Waals surface area (Å²) >= 11 is 0. The maximum Gasteiger partial charge on any atom is 0.0589 e. The Bertz CT molecular complexity index is 368. The van der Waals surface area contributed by atoms with Gasteiger partial charge in [-0.15, -0.1) is 0 Å². The quantitative estimate of drug-likeness (QED) is 0.867. The number of benzene rings is 1. The summed E-state index contributed by atoms with van der Waals surface area (Å²) in [6, 6.07) is 7.06. The van der Waals surface area contributed by atoms with E-state index < -0.39 is 0 Å². The number of hydrogen-bond donors (Lipinski definition) is 1. The SMILES string of the molecule is Cc1cc(C)cc(CN2CCC(C)C2CO)c1. The van der Waals surface area contributed by atoms with Gasteiger partial charge in [-0.2, -0.15) is 0 Å². The van der Waals surface area contributed by atoms with E-state index in [9.17, 15) is 5.11 Å². The minimum absolute atomic E-state index is 0.284. The molecule has 0 amide bonds. The molecule has 2 unspecified atom stereocenters. The Morgan fingerprint density at radius 1 is 1.24 bits per heavy atom. The van der Waals surface area contributed by atoms with Crippen LogP contribution in [-0.2, 0) is 6.54 Å². The molecule has 2 atom stereocenters. The van der Waals surface area contributed by atoms with Gasteiger partial charge in [-0.25, -0.2) is 0 Å². The van der Waals surface area contributed by atoms with Gasteiger partial charge in [0.05, 0.1) is 6.61 Å². The average molecular weight is 233 g/mol. The fourth-order valence-electron chi connectivity index (χ4n) is 2.97. The number of hydrogen-bond acceptors (Lipinski definition) is 2. The molecule has 94 valence electrons. The molecule has 1 fully saturated rings. The van der Waals surface area contributed by atoms with Gasteiger partial charge >= 0.3 is 0 Å². The van der Waals surface area contributed by atoms with Gasteiger partial charge in [-0.1, -0.05) is 36.2 Å². The van der Waals surface area contributed by atoms with Gasteiger partial charge in [0.1, 0.15) is 0 Å². The highest BCUT2D eigenvalue weighted by Gasteiger charge is 2.30. The molecule has 2 rings (SSSR count). The molecule has 2 nitrogen and oxygen atoms in total. The summed E-state index contributed by atoms with van der Waals surface area (Å²) in [4.78, 5) is 2.42. The van der Waals surface area contributed by atoms with Gasteiger partial charge in [0.15, 0.2) is 0 Å². The molecule has 2 heteroatoms. The smallest absolute Gasteiger partial charge is 0.0589 e. The van der Waals surface area contributed by atoms with Crippen LogP contribution in [0.2, 0.25) is 0 Å². The highest BCUT2D eigenvalue weighted by Crippen LogP contribution is 2.25. The zero-order chi connectivity index (χ0) is 12.4. The van der Waals surface area contributed by atoms with E-state index in [1.54, 1.807) is 0 Å². The molecule has 17 heavy (non-hydrogen) atoms. The fourth-order valence-corrected chi connectivity index (χ4v) is 2.97. The number of nitrogens with zero attached hydrogens (tertiary/aromatic N) is 1. The van der Waals surface area contributed by atoms with Crippen molar-refractivity contribution >= 4 is 0 Å². The predicted octanol–water partition coefficient (Wildman–Crippen LogP) is 2.51. The van der Waals surface area contributed by atoms with Gasteiger partial charge in [0.25, 0.3) is 0 Å². The van der Waals surface area contributed by atoms with Crippen molar-refractivity contribution in [3.8, 4) is 0 Å². The first kappa shape index (κ1) is 12.6. The summed E-state index contributed by atoms with van der Waals surface area (Å²) in [6.45, 7) is 8.89. The van der Waals surface area contributed by atoms with Gasteiger partial charge in [-0.05, 0) is 38.3 Å². The Hall–Kier alpha value is -0.860.